The fourth-order valence-corrected chi connectivity index (χ4v) is 1.10. The first kappa shape index (κ1) is 16.6. The number of rotatable bonds is 4. The van der Waals surface area contributed by atoms with E-state index in [2.05, 4.69) is 17.9 Å². The van der Waals surface area contributed by atoms with Crippen LogP contribution in [0.25, 0.3) is 0 Å². The second-order valence-corrected chi connectivity index (χ2v) is 3.42. The molecule has 0 fully saturated rings. The average Bonchev–Trinajstić information content (AvgIpc) is 2.47. The molecule has 0 bridgehead atoms. The molecule has 1 aromatic rings. The van der Waals surface area contributed by atoms with Crippen molar-refractivity contribution in [2.75, 3.05) is 7.11 Å². The Morgan fingerprint density at radius 1 is 1.11 bits per heavy atom. The number of hydrogen-bond donors (Lipinski definition) is 0. The maximum Gasteiger partial charge on any atom is 0.330 e. The Bertz CT molecular complexity index is 423. The van der Waals surface area contributed by atoms with E-state index < -0.39 is 11.9 Å². The Labute approximate surface area is 113 Å². The first-order valence-corrected chi connectivity index (χ1v) is 5.63. The van der Waals surface area contributed by atoms with E-state index in [1.807, 2.05) is 37.3 Å². The number of ether oxygens (including phenoxy) is 2. The summed E-state index contributed by atoms with van der Waals surface area (Å²) in [5, 5.41) is 0. The van der Waals surface area contributed by atoms with Gasteiger partial charge in [-0.1, -0.05) is 43.5 Å². The van der Waals surface area contributed by atoms with Crippen molar-refractivity contribution in [3.05, 3.63) is 61.2 Å². The lowest BCUT2D eigenvalue weighted by molar-refractivity contribution is -0.142. The van der Waals surface area contributed by atoms with Crippen LogP contribution in [0.2, 0.25) is 0 Å². The molecule has 0 heterocycles. The Morgan fingerprint density at radius 2 is 1.63 bits per heavy atom. The van der Waals surface area contributed by atoms with Gasteiger partial charge in [0, 0.05) is 12.2 Å². The molecule has 4 heteroatoms. The van der Waals surface area contributed by atoms with Crippen molar-refractivity contribution in [3.63, 3.8) is 0 Å². The maximum absolute atomic E-state index is 10.9. The molecule has 0 aliphatic heterocycles. The zero-order chi connectivity index (χ0) is 14.7. The van der Waals surface area contributed by atoms with E-state index in [1.54, 1.807) is 0 Å². The van der Waals surface area contributed by atoms with Crippen molar-refractivity contribution in [1.82, 2.24) is 0 Å². The normalized spacial score (nSPS) is 10.2. The number of methoxy groups -OCH3 is 1. The molecule has 1 aromatic carbocycles. The van der Waals surface area contributed by atoms with Gasteiger partial charge < -0.3 is 9.47 Å². The van der Waals surface area contributed by atoms with Gasteiger partial charge in [-0.15, -0.1) is 0 Å². The van der Waals surface area contributed by atoms with Crippen molar-refractivity contribution < 1.29 is 19.1 Å². The number of carbonyl (C=O) groups is 2. The van der Waals surface area contributed by atoms with Crippen LogP contribution in [0.4, 0.5) is 0 Å². The molecule has 0 saturated carbocycles. The second-order valence-electron chi connectivity index (χ2n) is 3.42. The predicted molar refractivity (Wildman–Crippen MR) is 73.4 cm³/mol. The van der Waals surface area contributed by atoms with Crippen LogP contribution in [-0.2, 0) is 19.1 Å². The highest BCUT2D eigenvalue weighted by molar-refractivity contribution is 5.81. The molecule has 0 aliphatic rings. The molecular weight excluding hydrogens is 244 g/mol. The molecule has 1 rings (SSSR count). The molecule has 0 amide bonds. The molecule has 0 aliphatic carbocycles. The van der Waals surface area contributed by atoms with Gasteiger partial charge in [0.15, 0.2) is 0 Å². The molecule has 1 unspecified atom stereocenters. The van der Waals surface area contributed by atoms with Crippen LogP contribution in [-0.4, -0.2) is 19.0 Å². The fourth-order valence-electron chi connectivity index (χ4n) is 1.10. The molecular formula is C15H18O4. The molecule has 19 heavy (non-hydrogen) atoms. The van der Waals surface area contributed by atoms with Gasteiger partial charge in [0.05, 0.1) is 7.11 Å². The number of hydrogen-bond acceptors (Lipinski definition) is 4. The summed E-state index contributed by atoms with van der Waals surface area (Å²) >= 11 is 0. The van der Waals surface area contributed by atoms with Crippen LogP contribution in [0.5, 0.6) is 0 Å². The monoisotopic (exact) mass is 262 g/mol. The zero-order valence-corrected chi connectivity index (χ0v) is 11.2. The zero-order valence-electron chi connectivity index (χ0n) is 11.2. The van der Waals surface area contributed by atoms with Crippen molar-refractivity contribution in [3.8, 4) is 0 Å². The minimum absolute atomic E-state index is 0.216. The molecule has 102 valence electrons. The quantitative estimate of drug-likeness (QED) is 0.618. The van der Waals surface area contributed by atoms with Crippen molar-refractivity contribution in [1.29, 1.82) is 0 Å². The molecule has 0 spiro atoms. The minimum atomic E-state index is -0.394. The van der Waals surface area contributed by atoms with Crippen LogP contribution in [0, 0.1) is 0 Å². The van der Waals surface area contributed by atoms with E-state index in [0.29, 0.717) is 0 Å². The fraction of sp³-hybridized carbons (Fsp3) is 0.200. The molecule has 1 atom stereocenters. The smallest absolute Gasteiger partial charge is 0.330 e. The summed E-state index contributed by atoms with van der Waals surface area (Å²) in [6.07, 6.45) is 2.06. The molecule has 0 aromatic heterocycles. The van der Waals surface area contributed by atoms with Gasteiger partial charge in [-0.2, -0.15) is 0 Å². The summed E-state index contributed by atoms with van der Waals surface area (Å²) in [6, 6.07) is 9.58. The minimum Gasteiger partial charge on any atom is -0.466 e. The predicted octanol–water partition coefficient (Wildman–Crippen LogP) is 2.82. The number of benzene rings is 1. The molecule has 0 radical (unpaired) electrons. The topological polar surface area (TPSA) is 52.6 Å². The van der Waals surface area contributed by atoms with Gasteiger partial charge in [0.1, 0.15) is 6.10 Å². The highest BCUT2D eigenvalue weighted by Crippen LogP contribution is 2.15. The number of carbonyl (C=O) groups excluding carboxylic acids is 2. The summed E-state index contributed by atoms with van der Waals surface area (Å²) in [6.45, 7) is 8.32. The van der Waals surface area contributed by atoms with E-state index in [-0.39, 0.29) is 6.10 Å². The van der Waals surface area contributed by atoms with Crippen LogP contribution < -0.4 is 0 Å². The average molecular weight is 262 g/mol. The Morgan fingerprint density at radius 3 is 2.00 bits per heavy atom. The third kappa shape index (κ3) is 7.54. The first-order chi connectivity index (χ1) is 9.04. The summed E-state index contributed by atoms with van der Waals surface area (Å²) in [4.78, 5) is 20.7. The van der Waals surface area contributed by atoms with E-state index >= 15 is 0 Å². The van der Waals surface area contributed by atoms with Gasteiger partial charge in [0.2, 0.25) is 0 Å². The van der Waals surface area contributed by atoms with Gasteiger partial charge in [-0.25, -0.2) is 9.59 Å². The molecule has 4 nitrogen and oxygen atoms in total. The van der Waals surface area contributed by atoms with Crippen LogP contribution in [0.3, 0.4) is 0 Å². The SMILES string of the molecule is C=CC(=O)OC.C=CC(=O)OC(C)c1ccccc1. The van der Waals surface area contributed by atoms with Gasteiger partial charge in [-0.05, 0) is 12.5 Å². The highest BCUT2D eigenvalue weighted by atomic mass is 16.5. The number of esters is 2. The second kappa shape index (κ2) is 9.65. The third-order valence-corrected chi connectivity index (χ3v) is 2.10. The summed E-state index contributed by atoms with van der Waals surface area (Å²) in [5.74, 6) is -0.786. The van der Waals surface area contributed by atoms with E-state index in [4.69, 9.17) is 4.74 Å². The van der Waals surface area contributed by atoms with Gasteiger partial charge >= 0.3 is 11.9 Å². The summed E-state index contributed by atoms with van der Waals surface area (Å²) in [7, 11) is 1.31. The van der Waals surface area contributed by atoms with Crippen LogP contribution in [0.1, 0.15) is 18.6 Å². The van der Waals surface area contributed by atoms with Crippen molar-refractivity contribution in [2.24, 2.45) is 0 Å². The van der Waals surface area contributed by atoms with Gasteiger partial charge in [-0.3, -0.25) is 0 Å². The lowest BCUT2D eigenvalue weighted by Gasteiger charge is -2.11. The van der Waals surface area contributed by atoms with Crippen molar-refractivity contribution >= 4 is 11.9 Å². The maximum atomic E-state index is 10.9. The van der Waals surface area contributed by atoms with E-state index in [1.165, 1.54) is 13.2 Å². The Hall–Kier alpha value is -2.36. The lowest BCUT2D eigenvalue weighted by Crippen LogP contribution is -2.05. The van der Waals surface area contributed by atoms with Crippen LogP contribution in [0.15, 0.2) is 55.6 Å². The summed E-state index contributed by atoms with van der Waals surface area (Å²) in [5.41, 5.74) is 0.984. The Kier molecular flexibility index (Phi) is 8.45. The highest BCUT2D eigenvalue weighted by Gasteiger charge is 2.07. The summed E-state index contributed by atoms with van der Waals surface area (Å²) < 4.78 is 9.17. The van der Waals surface area contributed by atoms with Gasteiger partial charge in [0.25, 0.3) is 0 Å². The molecule has 0 N–H and O–H groups in total. The largest absolute Gasteiger partial charge is 0.466 e. The van der Waals surface area contributed by atoms with Crippen molar-refractivity contribution in [2.45, 2.75) is 13.0 Å². The lowest BCUT2D eigenvalue weighted by atomic mass is 10.1. The Balaban J connectivity index is 0.000000459. The van der Waals surface area contributed by atoms with E-state index in [0.717, 1.165) is 11.6 Å². The third-order valence-electron chi connectivity index (χ3n) is 2.10. The van der Waals surface area contributed by atoms with Crippen LogP contribution >= 0.6 is 0 Å². The molecule has 0 saturated heterocycles. The first-order valence-electron chi connectivity index (χ1n) is 5.63. The van der Waals surface area contributed by atoms with E-state index in [9.17, 15) is 9.59 Å². The standard InChI is InChI=1S/C11H12O2.C4H6O2/c1-3-11(12)13-9(2)10-7-5-4-6-8-10;1-3-4(5)6-2/h3-9H,1H2,2H3;3H,1H2,2H3.